The van der Waals surface area contributed by atoms with E-state index in [2.05, 4.69) is 53.4 Å². The summed E-state index contributed by atoms with van der Waals surface area (Å²) in [5.41, 5.74) is 12.4. The number of benzene rings is 3. The van der Waals surface area contributed by atoms with Crippen LogP contribution in [0.4, 0.5) is 0 Å². The van der Waals surface area contributed by atoms with E-state index in [1.54, 1.807) is 7.11 Å². The van der Waals surface area contributed by atoms with Gasteiger partial charge in [-0.3, -0.25) is 4.90 Å². The molecule has 0 unspecified atom stereocenters. The van der Waals surface area contributed by atoms with E-state index in [1.807, 2.05) is 24.3 Å². The van der Waals surface area contributed by atoms with Crippen LogP contribution in [0.5, 0.6) is 0 Å². The first-order chi connectivity index (χ1) is 18.2. The summed E-state index contributed by atoms with van der Waals surface area (Å²) in [6.45, 7) is 3.23. The minimum absolute atomic E-state index is 0.0373. The number of ether oxygens (including phenoxy) is 3. The van der Waals surface area contributed by atoms with Crippen LogP contribution in [0.2, 0.25) is 0 Å². The highest BCUT2D eigenvalue weighted by Gasteiger charge is 2.35. The molecule has 2 heterocycles. The van der Waals surface area contributed by atoms with Gasteiger partial charge in [0.15, 0.2) is 6.29 Å². The second-order valence-corrected chi connectivity index (χ2v) is 10.1. The van der Waals surface area contributed by atoms with Gasteiger partial charge >= 0.3 is 0 Å². The van der Waals surface area contributed by atoms with E-state index in [0.717, 1.165) is 65.9 Å². The van der Waals surface area contributed by atoms with Crippen molar-refractivity contribution in [1.29, 1.82) is 0 Å². The van der Waals surface area contributed by atoms with E-state index in [4.69, 9.17) is 19.9 Å². The summed E-state index contributed by atoms with van der Waals surface area (Å²) in [5, 5.41) is 9.46. The van der Waals surface area contributed by atoms with Crippen molar-refractivity contribution in [2.45, 2.75) is 57.0 Å². The van der Waals surface area contributed by atoms with Crippen molar-refractivity contribution in [2.75, 3.05) is 26.8 Å². The molecule has 2 aliphatic heterocycles. The zero-order chi connectivity index (χ0) is 25.6. The predicted molar refractivity (Wildman–Crippen MR) is 145 cm³/mol. The maximum atomic E-state index is 9.46. The zero-order valence-corrected chi connectivity index (χ0v) is 21.6. The molecule has 2 aliphatic rings. The first-order valence-electron chi connectivity index (χ1n) is 13.3. The highest BCUT2D eigenvalue weighted by atomic mass is 16.7. The molecule has 3 N–H and O–H groups in total. The Balaban J connectivity index is 1.38. The molecule has 6 nitrogen and oxygen atoms in total. The van der Waals surface area contributed by atoms with Crippen molar-refractivity contribution in [3.8, 4) is 11.1 Å². The Labute approximate surface area is 220 Å². The summed E-state index contributed by atoms with van der Waals surface area (Å²) in [6.07, 6.45) is 2.64. The minimum Gasteiger partial charge on any atom is -0.392 e. The van der Waals surface area contributed by atoms with Crippen molar-refractivity contribution < 1.29 is 19.3 Å². The van der Waals surface area contributed by atoms with Gasteiger partial charge in [-0.2, -0.15) is 0 Å². The van der Waals surface area contributed by atoms with Crippen LogP contribution in [-0.2, 0) is 27.4 Å². The van der Waals surface area contributed by atoms with Crippen LogP contribution >= 0.6 is 0 Å². The van der Waals surface area contributed by atoms with E-state index in [-0.39, 0.29) is 18.8 Å². The van der Waals surface area contributed by atoms with E-state index in [0.29, 0.717) is 12.6 Å². The highest BCUT2D eigenvalue weighted by Crippen LogP contribution is 2.39. The number of hydrogen-bond donors (Lipinski definition) is 2. The molecule has 3 aromatic carbocycles. The maximum Gasteiger partial charge on any atom is 0.184 e. The largest absolute Gasteiger partial charge is 0.392 e. The lowest BCUT2D eigenvalue weighted by Gasteiger charge is -2.38. The minimum atomic E-state index is -0.455. The molecule has 0 radical (unpaired) electrons. The monoisotopic (exact) mass is 502 g/mol. The Kier molecular flexibility index (Phi) is 8.66. The van der Waals surface area contributed by atoms with E-state index < -0.39 is 6.29 Å². The van der Waals surface area contributed by atoms with Crippen molar-refractivity contribution in [1.82, 2.24) is 4.90 Å². The van der Waals surface area contributed by atoms with Crippen LogP contribution in [-0.4, -0.2) is 49.0 Å². The van der Waals surface area contributed by atoms with Crippen LogP contribution in [0.25, 0.3) is 11.1 Å². The number of likely N-dealkylation sites (tertiary alicyclic amines) is 1. The van der Waals surface area contributed by atoms with E-state index >= 15 is 0 Å². The summed E-state index contributed by atoms with van der Waals surface area (Å²) in [4.78, 5) is 2.51. The van der Waals surface area contributed by atoms with Gasteiger partial charge in [0.25, 0.3) is 0 Å². The molecule has 0 aliphatic carbocycles. The summed E-state index contributed by atoms with van der Waals surface area (Å²) in [5.74, 6) is 0. The lowest BCUT2D eigenvalue weighted by atomic mass is 9.97. The van der Waals surface area contributed by atoms with Crippen molar-refractivity contribution in [3.05, 3.63) is 95.1 Å². The standard InChI is InChI=1S/C31H38N2O4/c1-35-21-27-6-4-16-33(27)19-28-17-30(24-10-8-22(20-34)9-11-24)37-31(36-28)25-14-12-23(13-15-25)29-7-3-2-5-26(29)18-32/h2-3,5,7-15,27-28,30-31,34H,4,6,16-21,32H2,1H3/t27-,28-,30+,31+/m0/s1. The Morgan fingerprint density at radius 2 is 1.73 bits per heavy atom. The SMILES string of the molecule is COC[C@@H]1CCCN1C[C@@H]1C[C@H](c2ccc(CO)cc2)O[C@H](c2ccc(-c3ccccc3CN)cc2)O1. The lowest BCUT2D eigenvalue weighted by molar-refractivity contribution is -0.253. The van der Waals surface area contributed by atoms with Gasteiger partial charge in [-0.1, -0.05) is 72.8 Å². The zero-order valence-electron chi connectivity index (χ0n) is 21.6. The molecule has 6 heteroatoms. The van der Waals surface area contributed by atoms with Crippen LogP contribution in [0, 0.1) is 0 Å². The lowest BCUT2D eigenvalue weighted by Crippen LogP contribution is -2.42. The van der Waals surface area contributed by atoms with Gasteiger partial charge in [0.05, 0.1) is 25.4 Å². The molecule has 0 aromatic heterocycles. The van der Waals surface area contributed by atoms with Crippen molar-refractivity contribution >= 4 is 0 Å². The average molecular weight is 503 g/mol. The first-order valence-corrected chi connectivity index (χ1v) is 13.3. The third-order valence-corrected chi connectivity index (χ3v) is 7.64. The third-order valence-electron chi connectivity index (χ3n) is 7.64. The summed E-state index contributed by atoms with van der Waals surface area (Å²) in [6, 6.07) is 25.2. The second kappa shape index (κ2) is 12.3. The van der Waals surface area contributed by atoms with E-state index in [9.17, 15) is 5.11 Å². The normalized spacial score (nSPS) is 24.4. The molecule has 37 heavy (non-hydrogen) atoms. The highest BCUT2D eigenvalue weighted by molar-refractivity contribution is 5.67. The molecule has 0 amide bonds. The Bertz CT molecular complexity index is 1130. The molecular formula is C31H38N2O4. The molecule has 2 saturated heterocycles. The molecule has 0 bridgehead atoms. The van der Waals surface area contributed by atoms with Gasteiger partial charge in [0, 0.05) is 38.2 Å². The van der Waals surface area contributed by atoms with Gasteiger partial charge in [-0.25, -0.2) is 0 Å². The summed E-state index contributed by atoms with van der Waals surface area (Å²) < 4.78 is 18.6. The third kappa shape index (κ3) is 6.12. The second-order valence-electron chi connectivity index (χ2n) is 10.1. The average Bonchev–Trinajstić information content (AvgIpc) is 3.39. The molecule has 3 aromatic rings. The fourth-order valence-corrected chi connectivity index (χ4v) is 5.61. The molecule has 5 rings (SSSR count). The van der Waals surface area contributed by atoms with Gasteiger partial charge in [-0.15, -0.1) is 0 Å². The number of methoxy groups -OCH3 is 1. The van der Waals surface area contributed by atoms with Crippen LogP contribution in [0.3, 0.4) is 0 Å². The Hall–Kier alpha value is -2.58. The fourth-order valence-electron chi connectivity index (χ4n) is 5.61. The predicted octanol–water partition coefficient (Wildman–Crippen LogP) is 4.96. The number of aliphatic hydroxyl groups is 1. The van der Waals surface area contributed by atoms with Gasteiger partial charge in [-0.05, 0) is 47.2 Å². The molecule has 0 spiro atoms. The summed E-state index contributed by atoms with van der Waals surface area (Å²) >= 11 is 0. The van der Waals surface area contributed by atoms with Gasteiger partial charge < -0.3 is 25.1 Å². The molecule has 4 atom stereocenters. The molecule has 196 valence electrons. The Morgan fingerprint density at radius 1 is 0.973 bits per heavy atom. The topological polar surface area (TPSA) is 77.2 Å². The van der Waals surface area contributed by atoms with Gasteiger partial charge in [0.1, 0.15) is 0 Å². The van der Waals surface area contributed by atoms with Crippen LogP contribution in [0.15, 0.2) is 72.8 Å². The fraction of sp³-hybridized carbons (Fsp3) is 0.419. The van der Waals surface area contributed by atoms with Gasteiger partial charge in [0.2, 0.25) is 0 Å². The quantitative estimate of drug-likeness (QED) is 0.431. The number of rotatable bonds is 9. The molecule has 2 fully saturated rings. The van der Waals surface area contributed by atoms with Crippen LogP contribution < -0.4 is 5.73 Å². The number of aliphatic hydroxyl groups excluding tert-OH is 1. The molecular weight excluding hydrogens is 464 g/mol. The van der Waals surface area contributed by atoms with Crippen molar-refractivity contribution in [2.24, 2.45) is 5.73 Å². The van der Waals surface area contributed by atoms with Crippen molar-refractivity contribution in [3.63, 3.8) is 0 Å². The maximum absolute atomic E-state index is 9.46. The van der Waals surface area contributed by atoms with E-state index in [1.165, 1.54) is 6.42 Å². The van der Waals surface area contributed by atoms with Crippen LogP contribution in [0.1, 0.15) is 53.9 Å². The molecule has 0 saturated carbocycles. The Morgan fingerprint density at radius 3 is 2.46 bits per heavy atom. The first kappa shape index (κ1) is 26.0. The smallest absolute Gasteiger partial charge is 0.184 e. The number of nitrogens with zero attached hydrogens (tertiary/aromatic N) is 1. The number of nitrogens with two attached hydrogens (primary N) is 1. The summed E-state index contributed by atoms with van der Waals surface area (Å²) in [7, 11) is 1.78. The number of hydrogen-bond acceptors (Lipinski definition) is 6.